The first-order valence-corrected chi connectivity index (χ1v) is 9.62. The van der Waals surface area contributed by atoms with Crippen LogP contribution in [0.4, 0.5) is 4.79 Å². The van der Waals surface area contributed by atoms with Crippen LogP contribution < -0.4 is 9.47 Å². The third kappa shape index (κ3) is 5.89. The normalized spacial score (nSPS) is 16.0. The number of ether oxygens (including phenoxy) is 3. The summed E-state index contributed by atoms with van der Waals surface area (Å²) in [6.45, 7) is 6.25. The molecule has 1 aromatic heterocycles. The Labute approximate surface area is 171 Å². The first-order valence-electron chi connectivity index (χ1n) is 9.62. The number of rotatable bonds is 3. The second-order valence-electron chi connectivity index (χ2n) is 7.79. The summed E-state index contributed by atoms with van der Waals surface area (Å²) in [5.41, 5.74) is 0.210. The Morgan fingerprint density at radius 2 is 1.86 bits per heavy atom. The summed E-state index contributed by atoms with van der Waals surface area (Å²) < 4.78 is 16.5. The summed E-state index contributed by atoms with van der Waals surface area (Å²) in [4.78, 5) is 18.3. The minimum absolute atomic E-state index is 0.156. The quantitative estimate of drug-likeness (QED) is 0.710. The van der Waals surface area contributed by atoms with Crippen LogP contribution in [0.5, 0.6) is 17.2 Å². The second-order valence-corrected chi connectivity index (χ2v) is 7.79. The highest BCUT2D eigenvalue weighted by atomic mass is 16.6. The number of hydrogen-bond donors (Lipinski definition) is 0. The molecule has 2 aromatic rings. The lowest BCUT2D eigenvalue weighted by Crippen LogP contribution is -2.39. The van der Waals surface area contributed by atoms with Crippen molar-refractivity contribution in [3.63, 3.8) is 0 Å². The van der Waals surface area contributed by atoms with Gasteiger partial charge < -0.3 is 14.2 Å². The fourth-order valence-corrected chi connectivity index (χ4v) is 2.95. The number of methoxy groups -OCH3 is 1. The van der Waals surface area contributed by atoms with Gasteiger partial charge in [-0.15, -0.1) is 0 Å². The van der Waals surface area contributed by atoms with Gasteiger partial charge in [-0.1, -0.05) is 11.8 Å². The number of nitrogens with zero attached hydrogens (tertiary/aromatic N) is 2. The van der Waals surface area contributed by atoms with Crippen molar-refractivity contribution in [2.45, 2.75) is 45.3 Å². The molecular formula is C23H26N2O4. The Balaban J connectivity index is 1.68. The second kappa shape index (κ2) is 8.87. The maximum Gasteiger partial charge on any atom is 0.411 e. The van der Waals surface area contributed by atoms with Gasteiger partial charge in [0.15, 0.2) is 0 Å². The van der Waals surface area contributed by atoms with E-state index in [1.807, 2.05) is 51.1 Å². The Morgan fingerprint density at radius 1 is 1.14 bits per heavy atom. The highest BCUT2D eigenvalue weighted by Gasteiger charge is 2.31. The summed E-state index contributed by atoms with van der Waals surface area (Å²) >= 11 is 0. The van der Waals surface area contributed by atoms with Gasteiger partial charge >= 0.3 is 6.09 Å². The molecular weight excluding hydrogens is 368 g/mol. The van der Waals surface area contributed by atoms with E-state index in [-0.39, 0.29) is 12.1 Å². The minimum atomic E-state index is -0.519. The van der Waals surface area contributed by atoms with Gasteiger partial charge in [0.25, 0.3) is 0 Å². The largest absolute Gasteiger partial charge is 0.497 e. The third-order valence-electron chi connectivity index (χ3n) is 4.27. The van der Waals surface area contributed by atoms with Crippen LogP contribution in [0.15, 0.2) is 42.7 Å². The predicted octanol–water partition coefficient (Wildman–Crippen LogP) is 4.63. The zero-order valence-corrected chi connectivity index (χ0v) is 17.3. The van der Waals surface area contributed by atoms with E-state index in [0.717, 1.165) is 24.2 Å². The molecule has 1 aliphatic rings. The average molecular weight is 394 g/mol. The third-order valence-corrected chi connectivity index (χ3v) is 4.27. The number of carbonyl (C=O) groups excluding carboxylic acids is 1. The highest BCUT2D eigenvalue weighted by Crippen LogP contribution is 2.24. The Bertz CT molecular complexity index is 907. The summed E-state index contributed by atoms with van der Waals surface area (Å²) in [6, 6.07) is 8.99. The van der Waals surface area contributed by atoms with E-state index in [4.69, 9.17) is 14.2 Å². The van der Waals surface area contributed by atoms with Crippen LogP contribution in [0, 0.1) is 11.8 Å². The molecule has 29 heavy (non-hydrogen) atoms. The molecule has 1 fully saturated rings. The molecule has 1 atom stereocenters. The summed E-state index contributed by atoms with van der Waals surface area (Å²) in [5, 5.41) is 0. The van der Waals surface area contributed by atoms with E-state index in [1.54, 1.807) is 24.4 Å². The van der Waals surface area contributed by atoms with Gasteiger partial charge in [0.2, 0.25) is 0 Å². The van der Waals surface area contributed by atoms with Crippen molar-refractivity contribution >= 4 is 6.09 Å². The lowest BCUT2D eigenvalue weighted by Gasteiger charge is -2.26. The van der Waals surface area contributed by atoms with Gasteiger partial charge in [-0.3, -0.25) is 9.88 Å². The van der Waals surface area contributed by atoms with E-state index in [0.29, 0.717) is 18.0 Å². The number of benzene rings is 1. The Kier molecular flexibility index (Phi) is 6.28. The smallest absolute Gasteiger partial charge is 0.411 e. The maximum atomic E-state index is 12.4. The van der Waals surface area contributed by atoms with Crippen LogP contribution in [0.25, 0.3) is 0 Å². The zero-order valence-electron chi connectivity index (χ0n) is 17.3. The number of likely N-dealkylation sites (tertiary alicyclic amines) is 1. The molecule has 1 unspecified atom stereocenters. The van der Waals surface area contributed by atoms with E-state index >= 15 is 0 Å². The molecule has 0 bridgehead atoms. The Hall–Kier alpha value is -3.20. The van der Waals surface area contributed by atoms with Crippen LogP contribution in [-0.4, -0.2) is 41.3 Å². The number of aromatic nitrogens is 1. The van der Waals surface area contributed by atoms with Gasteiger partial charge in [0.1, 0.15) is 22.8 Å². The van der Waals surface area contributed by atoms with Crippen molar-refractivity contribution in [3.05, 3.63) is 48.3 Å². The van der Waals surface area contributed by atoms with Crippen molar-refractivity contribution in [3.8, 4) is 29.1 Å². The number of amides is 1. The number of pyridine rings is 1. The molecule has 1 aliphatic heterocycles. The molecule has 6 nitrogen and oxygen atoms in total. The van der Waals surface area contributed by atoms with Gasteiger partial charge in [-0.2, -0.15) is 0 Å². The fourth-order valence-electron chi connectivity index (χ4n) is 2.95. The molecule has 0 radical (unpaired) electrons. The molecule has 6 heteroatoms. The van der Waals surface area contributed by atoms with E-state index < -0.39 is 5.60 Å². The van der Waals surface area contributed by atoms with Crippen molar-refractivity contribution in [2.24, 2.45) is 0 Å². The predicted molar refractivity (Wildman–Crippen MR) is 110 cm³/mol. The van der Waals surface area contributed by atoms with Crippen molar-refractivity contribution in [2.75, 3.05) is 13.7 Å². The molecule has 0 aliphatic carbocycles. The topological polar surface area (TPSA) is 60.9 Å². The van der Waals surface area contributed by atoms with Gasteiger partial charge in [-0.05, 0) is 63.9 Å². The first kappa shape index (κ1) is 20.5. The van der Waals surface area contributed by atoms with Crippen LogP contribution in [-0.2, 0) is 4.74 Å². The molecule has 2 heterocycles. The lowest BCUT2D eigenvalue weighted by atomic mass is 10.2. The monoisotopic (exact) mass is 394 g/mol. The lowest BCUT2D eigenvalue weighted by molar-refractivity contribution is 0.0261. The van der Waals surface area contributed by atoms with Gasteiger partial charge in [0, 0.05) is 18.3 Å². The van der Waals surface area contributed by atoms with E-state index in [2.05, 4.69) is 16.8 Å². The highest BCUT2D eigenvalue weighted by molar-refractivity contribution is 5.69. The van der Waals surface area contributed by atoms with Crippen LogP contribution in [0.2, 0.25) is 0 Å². The minimum Gasteiger partial charge on any atom is -0.497 e. The summed E-state index contributed by atoms with van der Waals surface area (Å²) in [6.07, 6.45) is 4.75. The molecule has 152 valence electrons. The fraction of sp³-hybridized carbons (Fsp3) is 0.391. The standard InChI is InChI=1S/C23H26N2O4/c1-23(2,3)29-22(26)25-13-5-6-18(25)8-7-17-14-21(16-24-15-17)28-20-11-9-19(27-4)10-12-20/h9-12,14-16,18H,5-6,13H2,1-4H3. The molecule has 3 rings (SSSR count). The molecule has 0 N–H and O–H groups in total. The summed E-state index contributed by atoms with van der Waals surface area (Å²) in [7, 11) is 1.62. The molecule has 1 aromatic carbocycles. The van der Waals surface area contributed by atoms with Crippen LogP contribution >= 0.6 is 0 Å². The van der Waals surface area contributed by atoms with Gasteiger partial charge in [-0.25, -0.2) is 4.79 Å². The van der Waals surface area contributed by atoms with Crippen LogP contribution in [0.1, 0.15) is 39.2 Å². The van der Waals surface area contributed by atoms with Crippen molar-refractivity contribution in [1.82, 2.24) is 9.88 Å². The van der Waals surface area contributed by atoms with Gasteiger partial charge in [0.05, 0.1) is 19.3 Å². The maximum absolute atomic E-state index is 12.4. The molecule has 1 saturated heterocycles. The van der Waals surface area contributed by atoms with E-state index in [9.17, 15) is 4.79 Å². The molecule has 0 saturated carbocycles. The average Bonchev–Trinajstić information content (AvgIpc) is 3.15. The van der Waals surface area contributed by atoms with E-state index in [1.165, 1.54) is 0 Å². The zero-order chi connectivity index (χ0) is 20.9. The Morgan fingerprint density at radius 3 is 2.55 bits per heavy atom. The van der Waals surface area contributed by atoms with Crippen molar-refractivity contribution < 1.29 is 19.0 Å². The molecule has 0 spiro atoms. The number of hydrogen-bond acceptors (Lipinski definition) is 5. The number of carbonyl (C=O) groups is 1. The first-order chi connectivity index (χ1) is 13.8. The van der Waals surface area contributed by atoms with Crippen molar-refractivity contribution in [1.29, 1.82) is 0 Å². The SMILES string of the molecule is COc1ccc(Oc2cncc(C#CC3CCCN3C(=O)OC(C)(C)C)c2)cc1. The molecule has 1 amide bonds. The summed E-state index contributed by atoms with van der Waals surface area (Å²) in [5.74, 6) is 8.35. The van der Waals surface area contributed by atoms with Crippen LogP contribution in [0.3, 0.4) is 0 Å².